The largest absolute Gasteiger partial charge is 0.486 e. The van der Waals surface area contributed by atoms with Crippen molar-refractivity contribution in [3.05, 3.63) is 59.9 Å². The van der Waals surface area contributed by atoms with Gasteiger partial charge in [-0.1, -0.05) is 12.1 Å². The maximum Gasteiger partial charge on any atom is 0.161 e. The van der Waals surface area contributed by atoms with Gasteiger partial charge >= 0.3 is 0 Å². The molecule has 1 aliphatic rings. The SMILES string of the molecule is Cc1cc(CN(C)C[C@@H]2COc3ccccc3O2)c(C)n1-n1cnnc1. The molecule has 0 unspecified atom stereocenters. The van der Waals surface area contributed by atoms with Crippen LogP contribution in [0.2, 0.25) is 0 Å². The standard InChI is InChI=1S/C19H23N5O2/c1-14-8-16(15(2)24(14)23-12-20-21-13-23)9-22(3)10-17-11-25-18-6-4-5-7-19(18)26-17/h4-8,12-13,17H,9-11H2,1-3H3/t17-/m1/s1. The van der Waals surface area contributed by atoms with Crippen LogP contribution in [-0.2, 0) is 6.54 Å². The summed E-state index contributed by atoms with van der Waals surface area (Å²) in [5.74, 6) is 1.65. The van der Waals surface area contributed by atoms with Gasteiger partial charge in [-0.25, -0.2) is 4.68 Å². The van der Waals surface area contributed by atoms with Crippen LogP contribution < -0.4 is 9.47 Å². The number of hydrogen-bond donors (Lipinski definition) is 0. The van der Waals surface area contributed by atoms with Gasteiger partial charge in [0.25, 0.3) is 0 Å². The zero-order chi connectivity index (χ0) is 18.1. The van der Waals surface area contributed by atoms with Gasteiger partial charge < -0.3 is 9.47 Å². The van der Waals surface area contributed by atoms with E-state index in [1.54, 1.807) is 12.7 Å². The minimum atomic E-state index is 0.0243. The molecule has 3 aromatic rings. The van der Waals surface area contributed by atoms with Crippen LogP contribution in [0.4, 0.5) is 0 Å². The van der Waals surface area contributed by atoms with Crippen molar-refractivity contribution in [3.8, 4) is 11.5 Å². The summed E-state index contributed by atoms with van der Waals surface area (Å²) in [6, 6.07) is 10.0. The van der Waals surface area contributed by atoms with Crippen LogP contribution in [-0.4, -0.2) is 50.8 Å². The molecule has 1 atom stereocenters. The lowest BCUT2D eigenvalue weighted by molar-refractivity contribution is 0.0637. The fourth-order valence-corrected chi connectivity index (χ4v) is 3.49. The molecule has 26 heavy (non-hydrogen) atoms. The van der Waals surface area contributed by atoms with Gasteiger partial charge in [0.1, 0.15) is 25.4 Å². The second kappa shape index (κ2) is 6.84. The smallest absolute Gasteiger partial charge is 0.161 e. The van der Waals surface area contributed by atoms with Crippen LogP contribution in [0.25, 0.3) is 0 Å². The first kappa shape index (κ1) is 16.7. The number of aromatic nitrogens is 4. The van der Waals surface area contributed by atoms with E-state index < -0.39 is 0 Å². The van der Waals surface area contributed by atoms with Gasteiger partial charge in [-0.3, -0.25) is 9.58 Å². The summed E-state index contributed by atoms with van der Waals surface area (Å²) in [7, 11) is 2.11. The molecule has 2 aromatic heterocycles. The number of likely N-dealkylation sites (N-methyl/N-ethyl adjacent to an activating group) is 1. The predicted octanol–water partition coefficient (Wildman–Crippen LogP) is 2.28. The van der Waals surface area contributed by atoms with Crippen molar-refractivity contribution >= 4 is 0 Å². The Bertz CT molecular complexity index is 887. The molecule has 7 nitrogen and oxygen atoms in total. The Kier molecular flexibility index (Phi) is 4.38. The highest BCUT2D eigenvalue weighted by Gasteiger charge is 2.22. The zero-order valence-corrected chi connectivity index (χ0v) is 15.3. The summed E-state index contributed by atoms with van der Waals surface area (Å²) < 4.78 is 15.9. The van der Waals surface area contributed by atoms with E-state index in [1.165, 1.54) is 11.3 Å². The van der Waals surface area contributed by atoms with Gasteiger partial charge in [0.15, 0.2) is 11.5 Å². The zero-order valence-electron chi connectivity index (χ0n) is 15.3. The van der Waals surface area contributed by atoms with Crippen LogP contribution >= 0.6 is 0 Å². The topological polar surface area (TPSA) is 57.3 Å². The quantitative estimate of drug-likeness (QED) is 0.704. The van der Waals surface area contributed by atoms with Crippen molar-refractivity contribution in [1.29, 1.82) is 0 Å². The molecule has 7 heteroatoms. The normalized spacial score (nSPS) is 16.2. The summed E-state index contributed by atoms with van der Waals surface area (Å²) in [6.07, 6.45) is 3.44. The average Bonchev–Trinajstić information content (AvgIpc) is 3.23. The third kappa shape index (κ3) is 3.17. The summed E-state index contributed by atoms with van der Waals surface area (Å²) in [5.41, 5.74) is 3.60. The number of hydrogen-bond acceptors (Lipinski definition) is 5. The van der Waals surface area contributed by atoms with Gasteiger partial charge in [-0.2, -0.15) is 0 Å². The predicted molar refractivity (Wildman–Crippen MR) is 97.4 cm³/mol. The number of aryl methyl sites for hydroxylation is 1. The summed E-state index contributed by atoms with van der Waals surface area (Å²) in [4.78, 5) is 2.26. The highest BCUT2D eigenvalue weighted by atomic mass is 16.6. The van der Waals surface area contributed by atoms with Crippen LogP contribution in [0.5, 0.6) is 11.5 Å². The van der Waals surface area contributed by atoms with E-state index >= 15 is 0 Å². The molecule has 0 saturated carbocycles. The van der Waals surface area contributed by atoms with E-state index in [9.17, 15) is 0 Å². The first-order valence-corrected chi connectivity index (χ1v) is 8.72. The third-order valence-electron chi connectivity index (χ3n) is 4.66. The molecular weight excluding hydrogens is 330 g/mol. The minimum absolute atomic E-state index is 0.0243. The Morgan fingerprint density at radius 2 is 1.88 bits per heavy atom. The number of benzene rings is 1. The molecular formula is C19H23N5O2. The van der Waals surface area contributed by atoms with E-state index in [0.29, 0.717) is 6.61 Å². The summed E-state index contributed by atoms with van der Waals surface area (Å²) in [6.45, 7) is 6.41. The molecule has 0 bridgehead atoms. The van der Waals surface area contributed by atoms with E-state index in [2.05, 4.69) is 46.7 Å². The molecule has 1 aliphatic heterocycles. The lowest BCUT2D eigenvalue weighted by Crippen LogP contribution is -2.39. The van der Waals surface area contributed by atoms with Crippen molar-refractivity contribution in [2.24, 2.45) is 0 Å². The molecule has 0 fully saturated rings. The highest BCUT2D eigenvalue weighted by Crippen LogP contribution is 2.31. The van der Waals surface area contributed by atoms with Gasteiger partial charge in [0.2, 0.25) is 0 Å². The molecule has 4 rings (SSSR count). The summed E-state index contributed by atoms with van der Waals surface area (Å²) >= 11 is 0. The van der Waals surface area contributed by atoms with Crippen LogP contribution in [0.1, 0.15) is 17.0 Å². The average molecular weight is 353 g/mol. The number of ether oxygens (including phenoxy) is 2. The van der Waals surface area contributed by atoms with Gasteiger partial charge in [-0.15, -0.1) is 10.2 Å². The Morgan fingerprint density at radius 3 is 2.65 bits per heavy atom. The molecule has 0 aliphatic carbocycles. The fourth-order valence-electron chi connectivity index (χ4n) is 3.49. The number of fused-ring (bicyclic) bond motifs is 1. The Morgan fingerprint density at radius 1 is 1.15 bits per heavy atom. The van der Waals surface area contributed by atoms with Crippen molar-refractivity contribution in [2.75, 3.05) is 20.2 Å². The Labute approximate surface area is 152 Å². The Hall–Kier alpha value is -2.80. The lowest BCUT2D eigenvalue weighted by atomic mass is 10.2. The third-order valence-corrected chi connectivity index (χ3v) is 4.66. The minimum Gasteiger partial charge on any atom is -0.486 e. The van der Waals surface area contributed by atoms with E-state index in [0.717, 1.165) is 30.3 Å². The molecule has 0 spiro atoms. The molecule has 0 radical (unpaired) electrons. The van der Waals surface area contributed by atoms with Gasteiger partial charge in [-0.05, 0) is 44.7 Å². The number of nitrogens with zero attached hydrogens (tertiary/aromatic N) is 5. The van der Waals surface area contributed by atoms with E-state index in [4.69, 9.17) is 9.47 Å². The molecule has 136 valence electrons. The van der Waals surface area contributed by atoms with Gasteiger partial charge in [0, 0.05) is 24.5 Å². The molecule has 0 saturated heterocycles. The number of para-hydroxylation sites is 2. The first-order valence-electron chi connectivity index (χ1n) is 8.72. The second-order valence-electron chi connectivity index (χ2n) is 6.74. The molecule has 0 N–H and O–H groups in total. The first-order chi connectivity index (χ1) is 12.6. The second-order valence-corrected chi connectivity index (χ2v) is 6.74. The van der Waals surface area contributed by atoms with Gasteiger partial charge in [0.05, 0.1) is 0 Å². The monoisotopic (exact) mass is 353 g/mol. The lowest BCUT2D eigenvalue weighted by Gasteiger charge is -2.29. The number of rotatable bonds is 5. The van der Waals surface area contributed by atoms with Crippen LogP contribution in [0, 0.1) is 13.8 Å². The van der Waals surface area contributed by atoms with Crippen LogP contribution in [0.3, 0.4) is 0 Å². The molecule has 0 amide bonds. The fraction of sp³-hybridized carbons (Fsp3) is 0.368. The van der Waals surface area contributed by atoms with E-state index in [1.807, 2.05) is 28.9 Å². The van der Waals surface area contributed by atoms with Crippen molar-refractivity contribution in [1.82, 2.24) is 24.4 Å². The highest BCUT2D eigenvalue weighted by molar-refractivity contribution is 5.40. The van der Waals surface area contributed by atoms with Crippen molar-refractivity contribution in [2.45, 2.75) is 26.5 Å². The summed E-state index contributed by atoms with van der Waals surface area (Å²) in [5, 5.41) is 7.80. The van der Waals surface area contributed by atoms with Crippen LogP contribution in [0.15, 0.2) is 43.0 Å². The maximum absolute atomic E-state index is 6.07. The Balaban J connectivity index is 1.43. The molecule has 1 aromatic carbocycles. The maximum atomic E-state index is 6.07. The van der Waals surface area contributed by atoms with Crippen molar-refractivity contribution in [3.63, 3.8) is 0 Å². The van der Waals surface area contributed by atoms with E-state index in [-0.39, 0.29) is 6.10 Å². The van der Waals surface area contributed by atoms with Crippen molar-refractivity contribution < 1.29 is 9.47 Å². The molecule has 3 heterocycles.